The van der Waals surface area contributed by atoms with Crippen molar-refractivity contribution in [1.82, 2.24) is 0 Å². The minimum absolute atomic E-state index is 0.0139. The Bertz CT molecular complexity index is 943. The quantitative estimate of drug-likeness (QED) is 0.439. The molecule has 4 rings (SSSR count). The number of hydrogen-bond donors (Lipinski definition) is 1. The molecule has 0 radical (unpaired) electrons. The van der Waals surface area contributed by atoms with E-state index < -0.39 is 5.60 Å². The molecule has 1 fully saturated rings. The molecule has 0 amide bonds. The van der Waals surface area contributed by atoms with E-state index in [0.29, 0.717) is 18.4 Å². The van der Waals surface area contributed by atoms with Crippen LogP contribution in [0.3, 0.4) is 0 Å². The van der Waals surface area contributed by atoms with E-state index in [1.165, 1.54) is 25.0 Å². The second kappa shape index (κ2) is 8.94. The van der Waals surface area contributed by atoms with E-state index in [2.05, 4.69) is 45.9 Å². The van der Waals surface area contributed by atoms with E-state index in [1.54, 1.807) is 0 Å². The van der Waals surface area contributed by atoms with Crippen molar-refractivity contribution in [3.05, 3.63) is 35.1 Å². The zero-order valence-corrected chi connectivity index (χ0v) is 21.5. The lowest BCUT2D eigenvalue weighted by atomic mass is 9.48. The summed E-state index contributed by atoms with van der Waals surface area (Å²) in [6.07, 6.45) is 10.8. The lowest BCUT2D eigenvalue weighted by Gasteiger charge is -2.58. The topological polar surface area (TPSA) is 82.1 Å². The third-order valence-electron chi connectivity index (χ3n) is 9.21. The second-order valence-corrected chi connectivity index (χ2v) is 11.5. The Kier molecular flexibility index (Phi) is 6.62. The Morgan fingerprint density at radius 3 is 2.53 bits per heavy atom. The van der Waals surface area contributed by atoms with E-state index in [-0.39, 0.29) is 41.4 Å². The maximum absolute atomic E-state index is 12.3. The predicted molar refractivity (Wildman–Crippen MR) is 128 cm³/mol. The van der Waals surface area contributed by atoms with Gasteiger partial charge in [-0.2, -0.15) is 0 Å². The highest BCUT2D eigenvalue weighted by Gasteiger charge is 2.62. The van der Waals surface area contributed by atoms with Crippen molar-refractivity contribution in [2.75, 3.05) is 13.2 Å². The van der Waals surface area contributed by atoms with Crippen LogP contribution in [0.25, 0.3) is 0 Å². The maximum atomic E-state index is 12.3. The van der Waals surface area contributed by atoms with E-state index in [1.807, 2.05) is 0 Å². The smallest absolute Gasteiger partial charge is 0.307 e. The van der Waals surface area contributed by atoms with Crippen molar-refractivity contribution in [2.24, 2.45) is 28.6 Å². The third kappa shape index (κ3) is 4.07. The van der Waals surface area contributed by atoms with Crippen molar-refractivity contribution >= 4 is 11.9 Å². The van der Waals surface area contributed by atoms with Crippen LogP contribution in [0.5, 0.6) is 0 Å². The number of carbonyl (C=O) groups excluding carboxylic acids is 2. The third-order valence-corrected chi connectivity index (χ3v) is 9.21. The number of hydrogen-bond acceptors (Lipinski definition) is 6. The molecule has 6 nitrogen and oxygen atoms in total. The van der Waals surface area contributed by atoms with Crippen LogP contribution < -0.4 is 0 Å². The van der Waals surface area contributed by atoms with Gasteiger partial charge in [0.05, 0.1) is 18.8 Å². The first-order valence-electron chi connectivity index (χ1n) is 12.7. The number of carbonyl (C=O) groups is 2. The van der Waals surface area contributed by atoms with Crippen molar-refractivity contribution < 1.29 is 28.9 Å². The van der Waals surface area contributed by atoms with Gasteiger partial charge in [-0.25, -0.2) is 0 Å². The summed E-state index contributed by atoms with van der Waals surface area (Å²) < 4.78 is 17.7. The minimum atomic E-state index is -0.465. The van der Waals surface area contributed by atoms with E-state index in [0.717, 1.165) is 37.9 Å². The van der Waals surface area contributed by atoms with Crippen LogP contribution in [-0.2, 0) is 23.8 Å². The standard InChI is InChI=1S/C28H40O6/c1-17(30)33-20-11-12-27(5)19(15-20)7-8-21-22-9-10-24(26(3,4)32-14-13-29)28(22,6)25(16-23(21)27)34-18(2)31/h7,9,15,21,23-25,29H,8,10-14,16H2,1-6H3/t21?,23?,24?,25-,27+,28+/m1/s1. The van der Waals surface area contributed by atoms with Gasteiger partial charge in [-0.05, 0) is 68.4 Å². The molecule has 6 atom stereocenters. The summed E-state index contributed by atoms with van der Waals surface area (Å²) in [4.78, 5) is 23.8. The normalized spacial score (nSPS) is 36.9. The second-order valence-electron chi connectivity index (χ2n) is 11.5. The Labute approximate surface area is 203 Å². The number of allylic oxidation sites excluding steroid dienone is 5. The molecule has 6 heteroatoms. The Hall–Kier alpha value is -1.92. The highest BCUT2D eigenvalue weighted by atomic mass is 16.5. The predicted octanol–water partition coefficient (Wildman–Crippen LogP) is 4.87. The first-order valence-corrected chi connectivity index (χ1v) is 12.7. The maximum Gasteiger partial charge on any atom is 0.307 e. The molecule has 34 heavy (non-hydrogen) atoms. The Morgan fingerprint density at radius 1 is 1.15 bits per heavy atom. The van der Waals surface area contributed by atoms with Crippen molar-refractivity contribution in [3.63, 3.8) is 0 Å². The molecule has 0 aromatic heterocycles. The van der Waals surface area contributed by atoms with Crippen LogP contribution in [-0.4, -0.2) is 42.0 Å². The molecule has 1 saturated carbocycles. The van der Waals surface area contributed by atoms with Gasteiger partial charge in [-0.1, -0.05) is 31.6 Å². The molecule has 0 heterocycles. The lowest BCUT2D eigenvalue weighted by molar-refractivity contribution is -0.172. The van der Waals surface area contributed by atoms with Crippen LogP contribution >= 0.6 is 0 Å². The molecule has 0 aliphatic heterocycles. The largest absolute Gasteiger partial charge is 0.462 e. The van der Waals surface area contributed by atoms with Crippen LogP contribution in [0.4, 0.5) is 0 Å². The van der Waals surface area contributed by atoms with Crippen molar-refractivity contribution in [3.8, 4) is 0 Å². The van der Waals surface area contributed by atoms with E-state index >= 15 is 0 Å². The fourth-order valence-corrected chi connectivity index (χ4v) is 7.66. The zero-order chi connectivity index (χ0) is 24.9. The van der Waals surface area contributed by atoms with Crippen LogP contribution in [0, 0.1) is 28.6 Å². The first-order chi connectivity index (χ1) is 15.9. The Morgan fingerprint density at radius 2 is 1.88 bits per heavy atom. The number of esters is 2. The highest BCUT2D eigenvalue weighted by molar-refractivity contribution is 5.67. The summed E-state index contributed by atoms with van der Waals surface area (Å²) in [5.41, 5.74) is 1.79. The summed E-state index contributed by atoms with van der Waals surface area (Å²) in [6.45, 7) is 12.0. The number of aliphatic hydroxyl groups excluding tert-OH is 1. The number of aliphatic hydroxyl groups is 1. The molecule has 4 aliphatic carbocycles. The van der Waals surface area contributed by atoms with Gasteiger partial charge in [0.1, 0.15) is 11.9 Å². The SMILES string of the molecule is CC(=O)OC1=CC2=CCC3C4=CCC(C(C)(C)OCCO)[C@@]4(C)[C@H](OC(C)=O)CC3[C@@]2(C)CC1. The van der Waals surface area contributed by atoms with E-state index in [4.69, 9.17) is 14.2 Å². The number of rotatable bonds is 6. The summed E-state index contributed by atoms with van der Waals surface area (Å²) in [5.74, 6) is 1.09. The van der Waals surface area contributed by atoms with Gasteiger partial charge in [0.15, 0.2) is 0 Å². The molecule has 3 unspecified atom stereocenters. The number of fused-ring (bicyclic) bond motifs is 5. The van der Waals surface area contributed by atoms with Gasteiger partial charge < -0.3 is 19.3 Å². The molecule has 188 valence electrons. The fourth-order valence-electron chi connectivity index (χ4n) is 7.66. The average Bonchev–Trinajstić information content (AvgIpc) is 3.12. The van der Waals surface area contributed by atoms with Gasteiger partial charge in [0.25, 0.3) is 0 Å². The molecule has 0 saturated heterocycles. The van der Waals surface area contributed by atoms with Gasteiger partial charge in [0, 0.05) is 31.6 Å². The molecular formula is C28H40O6. The van der Waals surface area contributed by atoms with Gasteiger partial charge in [0.2, 0.25) is 0 Å². The zero-order valence-electron chi connectivity index (χ0n) is 21.5. The molecule has 0 spiro atoms. The van der Waals surface area contributed by atoms with Gasteiger partial charge >= 0.3 is 11.9 Å². The molecule has 0 aromatic carbocycles. The molecule has 1 N–H and O–H groups in total. The van der Waals surface area contributed by atoms with Crippen LogP contribution in [0.2, 0.25) is 0 Å². The molecule has 4 aliphatic rings. The van der Waals surface area contributed by atoms with Crippen LogP contribution in [0.1, 0.15) is 73.6 Å². The summed E-state index contributed by atoms with van der Waals surface area (Å²) in [6, 6.07) is 0. The average molecular weight is 473 g/mol. The minimum Gasteiger partial charge on any atom is -0.462 e. The van der Waals surface area contributed by atoms with E-state index in [9.17, 15) is 14.7 Å². The molecule has 0 bridgehead atoms. The monoisotopic (exact) mass is 472 g/mol. The Balaban J connectivity index is 1.72. The summed E-state index contributed by atoms with van der Waals surface area (Å²) in [7, 11) is 0. The van der Waals surface area contributed by atoms with Crippen molar-refractivity contribution in [1.29, 1.82) is 0 Å². The van der Waals surface area contributed by atoms with Crippen LogP contribution in [0.15, 0.2) is 35.1 Å². The molecular weight excluding hydrogens is 432 g/mol. The van der Waals surface area contributed by atoms with Gasteiger partial charge in [-0.15, -0.1) is 0 Å². The highest BCUT2D eigenvalue weighted by Crippen LogP contribution is 2.66. The number of ether oxygens (including phenoxy) is 3. The fraction of sp³-hybridized carbons (Fsp3) is 0.714. The molecule has 0 aromatic rings. The summed E-state index contributed by atoms with van der Waals surface area (Å²) in [5, 5.41) is 9.35. The summed E-state index contributed by atoms with van der Waals surface area (Å²) >= 11 is 0. The van der Waals surface area contributed by atoms with Crippen molar-refractivity contribution in [2.45, 2.75) is 85.4 Å². The lowest BCUT2D eigenvalue weighted by Crippen LogP contribution is -2.57. The first kappa shape index (κ1) is 25.2. The van der Waals surface area contributed by atoms with Gasteiger partial charge in [-0.3, -0.25) is 9.59 Å².